The molecule has 169 valence electrons. The Morgan fingerprint density at radius 2 is 1.10 bits per heavy atom. The predicted molar refractivity (Wildman–Crippen MR) is 102 cm³/mol. The monoisotopic (exact) mass is 524 g/mol. The van der Waals surface area contributed by atoms with Gasteiger partial charge in [0.1, 0.15) is 11.6 Å². The standard InChI is InChI=1S/C11H4F5.C9H22NP.2ClH.Ti/c12-7-6(5-3-1-2-4-5)8(13)10(15)11(16)9(7)14;1-7(2)11(10,8(3)4)9(5)6;;;/h1,3H,2H2;7-10H,1-6H3;2*1H;/q-1;;;;+3/p-2. The van der Waals surface area contributed by atoms with Gasteiger partial charge >= 0.3 is 21.7 Å². The Morgan fingerprint density at radius 3 is 1.33 bits per heavy atom. The van der Waals surface area contributed by atoms with E-state index in [1.807, 2.05) is 0 Å². The van der Waals surface area contributed by atoms with Crippen molar-refractivity contribution in [2.75, 3.05) is 0 Å². The van der Waals surface area contributed by atoms with Crippen LogP contribution in [0.15, 0.2) is 12.2 Å². The third kappa shape index (κ3) is 7.20. The molecule has 0 unspecified atom stereocenters. The first kappa shape index (κ1) is 34.5. The molecular formula is C20H26Cl2F5NPTi. The third-order valence-electron chi connectivity index (χ3n) is 4.74. The van der Waals surface area contributed by atoms with E-state index in [1.165, 1.54) is 12.2 Å². The number of halogens is 7. The zero-order chi connectivity index (χ0) is 21.1. The van der Waals surface area contributed by atoms with Crippen molar-refractivity contribution in [1.29, 1.82) is 5.16 Å². The summed E-state index contributed by atoms with van der Waals surface area (Å²) < 4.78 is 64.8. The maximum atomic E-state index is 13.2. The average molecular weight is 525 g/mol. The fourth-order valence-corrected chi connectivity index (χ4v) is 6.78. The Labute approximate surface area is 203 Å². The number of hydrogen-bond acceptors (Lipinski definition) is 1. The van der Waals surface area contributed by atoms with Gasteiger partial charge in [-0.25, -0.2) is 22.0 Å². The van der Waals surface area contributed by atoms with Crippen molar-refractivity contribution in [1.82, 2.24) is 0 Å². The number of benzene rings is 1. The number of rotatable bonds is 4. The molecule has 0 atom stereocenters. The summed E-state index contributed by atoms with van der Waals surface area (Å²) >= 11 is 0. The van der Waals surface area contributed by atoms with Crippen LogP contribution in [0.5, 0.6) is 0 Å². The number of hydrogen-bond donors (Lipinski definition) is 1. The first-order valence-electron chi connectivity index (χ1n) is 8.79. The zero-order valence-corrected chi connectivity index (χ0v) is 21.7. The zero-order valence-electron chi connectivity index (χ0n) is 17.7. The van der Waals surface area contributed by atoms with Crippen LogP contribution < -0.4 is 24.8 Å². The second-order valence-electron chi connectivity index (χ2n) is 7.26. The van der Waals surface area contributed by atoms with Crippen molar-refractivity contribution in [3.05, 3.63) is 52.9 Å². The van der Waals surface area contributed by atoms with E-state index in [2.05, 4.69) is 47.6 Å². The fourth-order valence-electron chi connectivity index (χ4n) is 3.21. The predicted octanol–water partition coefficient (Wildman–Crippen LogP) is 1.53. The molecule has 1 aromatic rings. The summed E-state index contributed by atoms with van der Waals surface area (Å²) in [6.07, 6.45) is 5.55. The van der Waals surface area contributed by atoms with Crippen LogP contribution in [0.3, 0.4) is 0 Å². The molecule has 0 aromatic heterocycles. The van der Waals surface area contributed by atoms with Crippen molar-refractivity contribution in [2.24, 2.45) is 0 Å². The Kier molecular flexibility index (Phi) is 16.2. The van der Waals surface area contributed by atoms with E-state index in [4.69, 9.17) is 5.16 Å². The van der Waals surface area contributed by atoms with E-state index < -0.39 is 41.7 Å². The Balaban J connectivity index is -0.000000470. The van der Waals surface area contributed by atoms with Gasteiger partial charge in [-0.2, -0.15) is 17.7 Å². The summed E-state index contributed by atoms with van der Waals surface area (Å²) in [5.74, 6) is -9.69. The van der Waals surface area contributed by atoms with Crippen LogP contribution in [0.4, 0.5) is 22.0 Å². The van der Waals surface area contributed by atoms with E-state index in [-0.39, 0.29) is 58.5 Å². The van der Waals surface area contributed by atoms with E-state index in [0.29, 0.717) is 17.0 Å². The summed E-state index contributed by atoms with van der Waals surface area (Å²) in [5, 5.41) is 8.40. The Morgan fingerprint density at radius 1 is 0.767 bits per heavy atom. The number of allylic oxidation sites excluding steroid dienone is 4. The molecule has 1 nitrogen and oxygen atoms in total. The molecule has 0 fully saturated rings. The van der Waals surface area contributed by atoms with Gasteiger partial charge in [-0.05, 0) is 24.0 Å². The molecule has 0 saturated carbocycles. The van der Waals surface area contributed by atoms with Gasteiger partial charge < -0.3 is 30.0 Å². The van der Waals surface area contributed by atoms with Crippen LogP contribution in [-0.2, 0) is 21.7 Å². The smallest absolute Gasteiger partial charge is 1.00 e. The van der Waals surface area contributed by atoms with E-state index in [1.54, 1.807) is 0 Å². The van der Waals surface area contributed by atoms with Crippen LogP contribution >= 0.6 is 7.05 Å². The van der Waals surface area contributed by atoms with Crippen molar-refractivity contribution in [3.63, 3.8) is 0 Å². The first-order chi connectivity index (χ1) is 12.4. The molecule has 0 spiro atoms. The quantitative estimate of drug-likeness (QED) is 0.154. The van der Waals surface area contributed by atoms with Gasteiger partial charge in [-0.15, -0.1) is 6.08 Å². The first-order valence-corrected chi connectivity index (χ1v) is 10.8. The molecule has 0 aliphatic heterocycles. The maximum absolute atomic E-state index is 13.2. The minimum atomic E-state index is -2.15. The third-order valence-corrected chi connectivity index (χ3v) is 9.86. The fraction of sp³-hybridized carbons (Fsp3) is 0.500. The number of nitrogens with one attached hydrogen (secondary N) is 1. The largest absolute Gasteiger partial charge is 3.00 e. The van der Waals surface area contributed by atoms with Crippen LogP contribution in [-0.4, -0.2) is 17.0 Å². The molecule has 0 amide bonds. The molecule has 1 N–H and O–H groups in total. The molecule has 0 saturated heterocycles. The van der Waals surface area contributed by atoms with Gasteiger partial charge in [0.05, 0.1) is 0 Å². The van der Waals surface area contributed by atoms with Crippen LogP contribution in [0.25, 0.3) is 5.57 Å². The molecular weight excluding hydrogens is 499 g/mol. The minimum Gasteiger partial charge on any atom is -1.00 e. The van der Waals surface area contributed by atoms with E-state index >= 15 is 0 Å². The maximum Gasteiger partial charge on any atom is 3.00 e. The van der Waals surface area contributed by atoms with E-state index in [0.717, 1.165) is 0 Å². The molecule has 1 radical (unpaired) electrons. The summed E-state index contributed by atoms with van der Waals surface area (Å²) in [4.78, 5) is 0. The van der Waals surface area contributed by atoms with Crippen molar-refractivity contribution in [3.8, 4) is 0 Å². The summed E-state index contributed by atoms with van der Waals surface area (Å²) in [5.41, 5.74) is 0.630. The van der Waals surface area contributed by atoms with Crippen molar-refractivity contribution >= 4 is 12.6 Å². The van der Waals surface area contributed by atoms with Crippen LogP contribution in [0, 0.1) is 40.3 Å². The van der Waals surface area contributed by atoms with Gasteiger partial charge in [-0.1, -0.05) is 53.5 Å². The summed E-state index contributed by atoms with van der Waals surface area (Å²) in [6.45, 7) is 13.2. The molecule has 0 heterocycles. The summed E-state index contributed by atoms with van der Waals surface area (Å²) in [7, 11) is -1.44. The molecule has 1 aliphatic rings. The average Bonchev–Trinajstić information content (AvgIpc) is 3.11. The van der Waals surface area contributed by atoms with Gasteiger partial charge in [0, 0.05) is 0 Å². The van der Waals surface area contributed by atoms with Crippen molar-refractivity contribution in [2.45, 2.75) is 64.9 Å². The van der Waals surface area contributed by atoms with Gasteiger partial charge in [0.15, 0.2) is 17.5 Å². The normalized spacial score (nSPS) is 12.7. The van der Waals surface area contributed by atoms with Gasteiger partial charge in [0.2, 0.25) is 0 Å². The minimum absolute atomic E-state index is 0. The topological polar surface area (TPSA) is 23.9 Å². The molecule has 30 heavy (non-hydrogen) atoms. The van der Waals surface area contributed by atoms with Crippen LogP contribution in [0.2, 0.25) is 0 Å². The SMILES string of the molecule is CC(C)P(=N)(C(C)C)C(C)C.Fc1c(F)c(F)c(C2=[C-]CC=C2)c(F)c1F.[Cl-].[Cl-].[Ti+3]. The van der Waals surface area contributed by atoms with E-state index in [9.17, 15) is 22.0 Å². The molecule has 1 aliphatic carbocycles. The second-order valence-corrected chi connectivity index (χ2v) is 12.0. The van der Waals surface area contributed by atoms with Gasteiger partial charge in [0.25, 0.3) is 0 Å². The molecule has 0 bridgehead atoms. The molecule has 10 heteroatoms. The van der Waals surface area contributed by atoms with Gasteiger partial charge in [-0.3, -0.25) is 0 Å². The molecule has 2 rings (SSSR count). The Bertz CT molecular complexity index is 753. The Hall–Kier alpha value is -0.126. The van der Waals surface area contributed by atoms with Crippen molar-refractivity contribution < 1.29 is 68.5 Å². The summed E-state index contributed by atoms with van der Waals surface area (Å²) in [6, 6.07) is 0. The second kappa shape index (κ2) is 14.1. The molecule has 1 aromatic carbocycles. The van der Waals surface area contributed by atoms with Crippen LogP contribution in [0.1, 0.15) is 53.5 Å².